The van der Waals surface area contributed by atoms with Gasteiger partial charge in [0.25, 0.3) is 5.56 Å². The number of halogens is 1. The largest absolute Gasteiger partial charge is 0.493 e. The average Bonchev–Trinajstić information content (AvgIpc) is 2.98. The van der Waals surface area contributed by atoms with E-state index < -0.39 is 17.2 Å². The van der Waals surface area contributed by atoms with Crippen LogP contribution in [0.25, 0.3) is 10.9 Å². The van der Waals surface area contributed by atoms with Crippen LogP contribution in [0, 0.1) is 6.92 Å². The molecule has 0 fully saturated rings. The lowest BCUT2D eigenvalue weighted by Gasteiger charge is -2.15. The molecule has 2 amide bonds. The molecule has 220 valence electrons. The highest BCUT2D eigenvalue weighted by molar-refractivity contribution is 6.33. The Bertz CT molecular complexity index is 1730. The van der Waals surface area contributed by atoms with E-state index in [1.807, 2.05) is 31.2 Å². The zero-order valence-electron chi connectivity index (χ0n) is 23.7. The molecule has 1 aromatic heterocycles. The second-order valence-electron chi connectivity index (χ2n) is 9.77. The molecule has 4 aromatic rings. The van der Waals surface area contributed by atoms with Crippen LogP contribution in [-0.2, 0) is 29.1 Å². The first kappa shape index (κ1) is 30.4. The predicted octanol–water partition coefficient (Wildman–Crippen LogP) is 3.92. The molecule has 3 aromatic carbocycles. The molecule has 0 aliphatic carbocycles. The quantitative estimate of drug-likeness (QED) is 0.257. The second-order valence-corrected chi connectivity index (χ2v) is 10.2. The van der Waals surface area contributed by atoms with Crippen LogP contribution >= 0.6 is 11.6 Å². The molecule has 0 aliphatic heterocycles. The van der Waals surface area contributed by atoms with E-state index in [0.717, 1.165) is 15.7 Å². The molecule has 0 unspecified atom stereocenters. The van der Waals surface area contributed by atoms with Crippen molar-refractivity contribution in [1.82, 2.24) is 14.5 Å². The van der Waals surface area contributed by atoms with Crippen LogP contribution in [-0.4, -0.2) is 41.7 Å². The van der Waals surface area contributed by atoms with Crippen molar-refractivity contribution in [3.05, 3.63) is 97.7 Å². The molecule has 10 nitrogen and oxygen atoms in total. The number of amides is 2. The summed E-state index contributed by atoms with van der Waals surface area (Å²) in [5.41, 5.74) is 1.60. The summed E-state index contributed by atoms with van der Waals surface area (Å²) in [5, 5.41) is 6.28. The number of hydrogen-bond acceptors (Lipinski definition) is 6. The van der Waals surface area contributed by atoms with E-state index in [4.69, 9.17) is 21.1 Å². The van der Waals surface area contributed by atoms with Gasteiger partial charge >= 0.3 is 5.69 Å². The number of ether oxygens (including phenoxy) is 2. The van der Waals surface area contributed by atoms with Crippen LogP contribution in [0.4, 0.5) is 5.69 Å². The first-order chi connectivity index (χ1) is 20.2. The van der Waals surface area contributed by atoms with Gasteiger partial charge in [-0.1, -0.05) is 35.9 Å². The van der Waals surface area contributed by atoms with Gasteiger partial charge in [0.15, 0.2) is 11.5 Å². The Hall–Kier alpha value is -4.57. The first-order valence-corrected chi connectivity index (χ1v) is 13.9. The molecule has 4 rings (SSSR count). The number of nitrogens with zero attached hydrogens (tertiary/aromatic N) is 2. The van der Waals surface area contributed by atoms with E-state index in [1.165, 1.54) is 4.57 Å². The molecular formula is C31H33ClN4O6. The van der Waals surface area contributed by atoms with Gasteiger partial charge in [-0.05, 0) is 67.3 Å². The number of rotatable bonds is 12. The highest BCUT2D eigenvalue weighted by atomic mass is 35.5. The lowest BCUT2D eigenvalue weighted by atomic mass is 10.1. The van der Waals surface area contributed by atoms with E-state index >= 15 is 0 Å². The van der Waals surface area contributed by atoms with E-state index in [-0.39, 0.29) is 31.8 Å². The van der Waals surface area contributed by atoms with Crippen LogP contribution in [0.5, 0.6) is 11.5 Å². The summed E-state index contributed by atoms with van der Waals surface area (Å²) in [7, 11) is 3.13. The van der Waals surface area contributed by atoms with Gasteiger partial charge in [-0.2, -0.15) is 0 Å². The van der Waals surface area contributed by atoms with Gasteiger partial charge in [0, 0.05) is 19.5 Å². The van der Waals surface area contributed by atoms with E-state index in [1.54, 1.807) is 50.6 Å². The number of nitrogens with one attached hydrogen (secondary N) is 2. The standard InChI is InChI=1S/C31H33ClN4O6/c1-20-10-12-24(23(32)17-20)34-29(38)19-36-25-8-5-4-7-22(25)30(39)35(31(36)40)16-6-9-28(37)33-15-14-21-11-13-26(41-2)27(18-21)42-3/h4-5,7-8,10-13,17-18H,6,9,14-16,19H2,1-3H3,(H,33,37)(H,34,38). The van der Waals surface area contributed by atoms with E-state index in [0.29, 0.717) is 46.1 Å². The molecule has 0 atom stereocenters. The highest BCUT2D eigenvalue weighted by Gasteiger charge is 2.16. The number of carbonyl (C=O) groups excluding carboxylic acids is 2. The summed E-state index contributed by atoms with van der Waals surface area (Å²) in [6.45, 7) is 2.00. The SMILES string of the molecule is COc1ccc(CCNC(=O)CCCn2c(=O)c3ccccc3n(CC(=O)Nc3ccc(C)cc3Cl)c2=O)cc1OC. The predicted molar refractivity (Wildman–Crippen MR) is 163 cm³/mol. The van der Waals surface area contributed by atoms with Crippen molar-refractivity contribution >= 4 is 40.0 Å². The zero-order valence-corrected chi connectivity index (χ0v) is 24.5. The van der Waals surface area contributed by atoms with Crippen LogP contribution in [0.2, 0.25) is 5.02 Å². The van der Waals surface area contributed by atoms with Crippen molar-refractivity contribution in [2.45, 2.75) is 39.3 Å². The third-order valence-electron chi connectivity index (χ3n) is 6.80. The molecular weight excluding hydrogens is 560 g/mol. The number of para-hydroxylation sites is 1. The van der Waals surface area contributed by atoms with Crippen molar-refractivity contribution in [2.75, 3.05) is 26.1 Å². The third kappa shape index (κ3) is 7.19. The van der Waals surface area contributed by atoms with Gasteiger partial charge in [-0.3, -0.25) is 23.5 Å². The zero-order chi connectivity index (χ0) is 30.2. The number of hydrogen-bond donors (Lipinski definition) is 2. The number of carbonyl (C=O) groups is 2. The molecule has 0 radical (unpaired) electrons. The fourth-order valence-corrected chi connectivity index (χ4v) is 4.93. The van der Waals surface area contributed by atoms with Crippen LogP contribution in [0.15, 0.2) is 70.3 Å². The summed E-state index contributed by atoms with van der Waals surface area (Å²) >= 11 is 6.25. The molecule has 0 bridgehead atoms. The third-order valence-corrected chi connectivity index (χ3v) is 7.11. The fraction of sp³-hybridized carbons (Fsp3) is 0.290. The molecule has 11 heteroatoms. The van der Waals surface area contributed by atoms with Crippen LogP contribution in [0.3, 0.4) is 0 Å². The fourth-order valence-electron chi connectivity index (χ4n) is 4.64. The van der Waals surface area contributed by atoms with Gasteiger partial charge in [-0.25, -0.2) is 4.79 Å². The summed E-state index contributed by atoms with van der Waals surface area (Å²) < 4.78 is 12.9. The van der Waals surface area contributed by atoms with E-state index in [9.17, 15) is 19.2 Å². The molecule has 0 aliphatic rings. The molecule has 42 heavy (non-hydrogen) atoms. The number of methoxy groups -OCH3 is 2. The minimum Gasteiger partial charge on any atom is -0.493 e. The van der Waals surface area contributed by atoms with Crippen molar-refractivity contribution in [2.24, 2.45) is 0 Å². The molecule has 0 saturated heterocycles. The summed E-state index contributed by atoms with van der Waals surface area (Å²) in [4.78, 5) is 52.0. The minimum absolute atomic E-state index is 0.0248. The van der Waals surface area contributed by atoms with Crippen molar-refractivity contribution < 1.29 is 19.1 Å². The van der Waals surface area contributed by atoms with E-state index in [2.05, 4.69) is 10.6 Å². The summed E-state index contributed by atoms with van der Waals surface area (Å²) in [6.07, 6.45) is 0.981. The Morgan fingerprint density at radius 1 is 0.905 bits per heavy atom. The van der Waals surface area contributed by atoms with Gasteiger partial charge in [0.05, 0.1) is 35.8 Å². The maximum atomic E-state index is 13.4. The number of benzene rings is 3. The molecule has 2 N–H and O–H groups in total. The van der Waals surface area contributed by atoms with Crippen molar-refractivity contribution in [3.8, 4) is 11.5 Å². The van der Waals surface area contributed by atoms with Crippen LogP contribution in [0.1, 0.15) is 24.0 Å². The molecule has 0 saturated carbocycles. The first-order valence-electron chi connectivity index (χ1n) is 13.5. The number of aromatic nitrogens is 2. The van der Waals surface area contributed by atoms with Gasteiger partial charge in [-0.15, -0.1) is 0 Å². The monoisotopic (exact) mass is 592 g/mol. The van der Waals surface area contributed by atoms with Gasteiger partial charge in [0.2, 0.25) is 11.8 Å². The Morgan fingerprint density at radius 3 is 2.40 bits per heavy atom. The Kier molecular flexibility index (Phi) is 10.0. The number of anilines is 1. The minimum atomic E-state index is -0.627. The topological polar surface area (TPSA) is 121 Å². The van der Waals surface area contributed by atoms with Crippen LogP contribution < -0.4 is 31.4 Å². The Labute approximate surface area is 247 Å². The number of aryl methyl sites for hydroxylation is 1. The summed E-state index contributed by atoms with van der Waals surface area (Å²) in [6, 6.07) is 17.4. The maximum Gasteiger partial charge on any atom is 0.331 e. The Morgan fingerprint density at radius 2 is 1.67 bits per heavy atom. The van der Waals surface area contributed by atoms with Gasteiger partial charge < -0.3 is 20.1 Å². The lowest BCUT2D eigenvalue weighted by Crippen LogP contribution is -2.42. The van der Waals surface area contributed by atoms with Gasteiger partial charge in [0.1, 0.15) is 6.54 Å². The summed E-state index contributed by atoms with van der Waals surface area (Å²) in [5.74, 6) is 0.583. The normalized spacial score (nSPS) is 10.9. The van der Waals surface area contributed by atoms with Crippen molar-refractivity contribution in [1.29, 1.82) is 0 Å². The number of fused-ring (bicyclic) bond motifs is 1. The maximum absolute atomic E-state index is 13.4. The lowest BCUT2D eigenvalue weighted by molar-refractivity contribution is -0.121. The Balaban J connectivity index is 1.41. The smallest absolute Gasteiger partial charge is 0.331 e. The molecule has 1 heterocycles. The highest BCUT2D eigenvalue weighted by Crippen LogP contribution is 2.27. The molecule has 0 spiro atoms. The van der Waals surface area contributed by atoms with Crippen molar-refractivity contribution in [3.63, 3.8) is 0 Å². The second kappa shape index (κ2) is 13.9. The average molecular weight is 593 g/mol.